The molecule has 0 saturated carbocycles. The Hall–Kier alpha value is -0.440. The average Bonchev–Trinajstić information content (AvgIpc) is 2.37. The van der Waals surface area contributed by atoms with Crippen molar-refractivity contribution in [2.45, 2.75) is 11.3 Å². The fourth-order valence-corrected chi connectivity index (χ4v) is 3.85. The molecule has 5 nitrogen and oxygen atoms in total. The van der Waals surface area contributed by atoms with Gasteiger partial charge in [0.25, 0.3) is 0 Å². The Labute approximate surface area is 140 Å². The van der Waals surface area contributed by atoms with Crippen LogP contribution in [0.1, 0.15) is 6.42 Å². The Kier molecular flexibility index (Phi) is 7.32. The van der Waals surface area contributed by atoms with Crippen LogP contribution in [0.5, 0.6) is 0 Å². The molecule has 0 unspecified atom stereocenters. The molecule has 0 bridgehead atoms. The molecule has 118 valence electrons. The molecule has 0 fully saturated rings. The van der Waals surface area contributed by atoms with E-state index in [9.17, 15) is 8.42 Å². The Bertz CT molecular complexity index is 588. The van der Waals surface area contributed by atoms with E-state index in [1.54, 1.807) is 0 Å². The number of sulfonamides is 1. The molecule has 1 aromatic rings. The molecular formula is C12H16Cl2N2O3S2. The SMILES string of the molecule is COCCN(CCC(N)=S)S(=O)(=O)c1cc(Cl)cc(Cl)c1. The van der Waals surface area contributed by atoms with Crippen LogP contribution in [0.3, 0.4) is 0 Å². The summed E-state index contributed by atoms with van der Waals surface area (Å²) < 4.78 is 31.4. The van der Waals surface area contributed by atoms with Crippen LogP contribution >= 0.6 is 35.4 Å². The van der Waals surface area contributed by atoms with Crippen molar-refractivity contribution < 1.29 is 13.2 Å². The van der Waals surface area contributed by atoms with Crippen molar-refractivity contribution in [1.29, 1.82) is 0 Å². The van der Waals surface area contributed by atoms with E-state index in [2.05, 4.69) is 0 Å². The van der Waals surface area contributed by atoms with Gasteiger partial charge in [0.05, 0.1) is 16.5 Å². The van der Waals surface area contributed by atoms with Gasteiger partial charge in [-0.05, 0) is 18.2 Å². The second kappa shape index (κ2) is 8.26. The largest absolute Gasteiger partial charge is 0.393 e. The first kappa shape index (κ1) is 18.6. The van der Waals surface area contributed by atoms with Gasteiger partial charge in [-0.1, -0.05) is 35.4 Å². The van der Waals surface area contributed by atoms with Gasteiger partial charge in [-0.2, -0.15) is 4.31 Å². The third-order valence-corrected chi connectivity index (χ3v) is 5.14. The van der Waals surface area contributed by atoms with E-state index in [1.807, 2.05) is 0 Å². The van der Waals surface area contributed by atoms with E-state index in [0.717, 1.165) is 0 Å². The summed E-state index contributed by atoms with van der Waals surface area (Å²) >= 11 is 16.5. The lowest BCUT2D eigenvalue weighted by Gasteiger charge is -2.22. The minimum absolute atomic E-state index is 0.0269. The van der Waals surface area contributed by atoms with Crippen molar-refractivity contribution in [2.24, 2.45) is 5.73 Å². The zero-order valence-corrected chi connectivity index (χ0v) is 14.5. The highest BCUT2D eigenvalue weighted by molar-refractivity contribution is 7.89. The minimum atomic E-state index is -3.74. The van der Waals surface area contributed by atoms with Gasteiger partial charge in [0.15, 0.2) is 0 Å². The fraction of sp³-hybridized carbons (Fsp3) is 0.417. The fourth-order valence-electron chi connectivity index (χ4n) is 1.61. The number of thiocarbonyl (C=S) groups is 1. The van der Waals surface area contributed by atoms with E-state index in [1.165, 1.54) is 29.6 Å². The van der Waals surface area contributed by atoms with E-state index >= 15 is 0 Å². The number of nitrogens with two attached hydrogens (primary N) is 1. The lowest BCUT2D eigenvalue weighted by Crippen LogP contribution is -2.36. The van der Waals surface area contributed by atoms with Crippen LogP contribution in [0, 0.1) is 0 Å². The summed E-state index contributed by atoms with van der Waals surface area (Å²) in [6.45, 7) is 0.613. The van der Waals surface area contributed by atoms with Gasteiger partial charge in [0, 0.05) is 36.7 Å². The Morgan fingerprint density at radius 1 is 1.29 bits per heavy atom. The molecule has 0 aliphatic heterocycles. The Morgan fingerprint density at radius 3 is 2.33 bits per heavy atom. The molecule has 0 heterocycles. The molecule has 0 aliphatic carbocycles. The van der Waals surface area contributed by atoms with Crippen LogP contribution in [0.2, 0.25) is 10.0 Å². The first-order valence-corrected chi connectivity index (χ1v) is 8.61. The molecule has 9 heteroatoms. The summed E-state index contributed by atoms with van der Waals surface area (Å²) in [4.78, 5) is 0.274. The highest BCUT2D eigenvalue weighted by atomic mass is 35.5. The van der Waals surface area contributed by atoms with Crippen LogP contribution in [0.4, 0.5) is 0 Å². The van der Waals surface area contributed by atoms with E-state index in [4.69, 9.17) is 45.9 Å². The monoisotopic (exact) mass is 370 g/mol. The van der Waals surface area contributed by atoms with Crippen LogP contribution in [0.15, 0.2) is 23.1 Å². The summed E-state index contributed by atoms with van der Waals surface area (Å²) in [5, 5.41) is 0.504. The molecule has 21 heavy (non-hydrogen) atoms. The van der Waals surface area contributed by atoms with Crippen molar-refractivity contribution in [1.82, 2.24) is 4.31 Å². The number of methoxy groups -OCH3 is 1. The molecule has 0 radical (unpaired) electrons. The van der Waals surface area contributed by atoms with Crippen LogP contribution in [0.25, 0.3) is 0 Å². The van der Waals surface area contributed by atoms with Gasteiger partial charge in [-0.25, -0.2) is 8.42 Å². The van der Waals surface area contributed by atoms with Gasteiger partial charge < -0.3 is 10.5 Å². The molecule has 1 rings (SSSR count). The normalized spacial score (nSPS) is 11.8. The molecule has 0 atom stereocenters. The van der Waals surface area contributed by atoms with Crippen LogP contribution < -0.4 is 5.73 Å². The second-order valence-corrected chi connectivity index (χ2v) is 7.55. The molecule has 2 N–H and O–H groups in total. The van der Waals surface area contributed by atoms with E-state index in [-0.39, 0.29) is 46.0 Å². The molecule has 0 saturated heterocycles. The predicted molar refractivity (Wildman–Crippen MR) is 88.5 cm³/mol. The standard InChI is InChI=1S/C12H16Cl2N2O3S2/c1-19-5-4-16(3-2-12(15)20)21(17,18)11-7-9(13)6-10(14)8-11/h6-8H,2-5H2,1H3,(H2,15,20). The number of halogens is 2. The van der Waals surface area contributed by atoms with Crippen molar-refractivity contribution in [3.63, 3.8) is 0 Å². The van der Waals surface area contributed by atoms with Crippen molar-refractivity contribution in [3.05, 3.63) is 28.2 Å². The van der Waals surface area contributed by atoms with Crippen molar-refractivity contribution in [3.8, 4) is 0 Å². The number of ether oxygens (including phenoxy) is 1. The molecular weight excluding hydrogens is 355 g/mol. The molecule has 0 spiro atoms. The summed E-state index contributed by atoms with van der Waals surface area (Å²) in [5.74, 6) is 0. The van der Waals surface area contributed by atoms with Crippen molar-refractivity contribution in [2.75, 3.05) is 26.8 Å². The number of hydrogen-bond donors (Lipinski definition) is 1. The topological polar surface area (TPSA) is 72.6 Å². The molecule has 0 amide bonds. The molecule has 0 aliphatic rings. The zero-order chi connectivity index (χ0) is 16.0. The third-order valence-electron chi connectivity index (χ3n) is 2.63. The maximum atomic E-state index is 12.6. The van der Waals surface area contributed by atoms with Crippen molar-refractivity contribution >= 4 is 50.4 Å². The summed E-state index contributed by atoms with van der Waals surface area (Å²) in [6, 6.07) is 4.17. The molecule has 0 aromatic heterocycles. The lowest BCUT2D eigenvalue weighted by molar-refractivity contribution is 0.179. The smallest absolute Gasteiger partial charge is 0.243 e. The Balaban J connectivity index is 3.09. The first-order chi connectivity index (χ1) is 9.77. The number of hydrogen-bond acceptors (Lipinski definition) is 4. The predicted octanol–water partition coefficient (Wildman–Crippen LogP) is 2.31. The summed E-state index contributed by atoms with van der Waals surface area (Å²) in [7, 11) is -2.25. The van der Waals surface area contributed by atoms with E-state index < -0.39 is 10.0 Å². The highest BCUT2D eigenvalue weighted by Crippen LogP contribution is 2.24. The maximum absolute atomic E-state index is 12.6. The van der Waals surface area contributed by atoms with Crippen LogP contribution in [-0.2, 0) is 14.8 Å². The summed E-state index contributed by atoms with van der Waals surface area (Å²) in [5.41, 5.74) is 5.44. The number of rotatable bonds is 8. The van der Waals surface area contributed by atoms with Crippen LogP contribution in [-0.4, -0.2) is 44.5 Å². The van der Waals surface area contributed by atoms with Gasteiger partial charge >= 0.3 is 0 Å². The minimum Gasteiger partial charge on any atom is -0.393 e. The second-order valence-electron chi connectivity index (χ2n) is 4.22. The van der Waals surface area contributed by atoms with Gasteiger partial charge in [-0.3, -0.25) is 0 Å². The Morgan fingerprint density at radius 2 is 1.86 bits per heavy atom. The zero-order valence-electron chi connectivity index (χ0n) is 11.4. The quantitative estimate of drug-likeness (QED) is 0.710. The molecule has 1 aromatic carbocycles. The van der Waals surface area contributed by atoms with Gasteiger partial charge in [0.1, 0.15) is 0 Å². The van der Waals surface area contributed by atoms with Gasteiger partial charge in [-0.15, -0.1) is 0 Å². The van der Waals surface area contributed by atoms with E-state index in [0.29, 0.717) is 0 Å². The number of benzene rings is 1. The van der Waals surface area contributed by atoms with Gasteiger partial charge in [0.2, 0.25) is 10.0 Å². The first-order valence-electron chi connectivity index (χ1n) is 6.01. The highest BCUT2D eigenvalue weighted by Gasteiger charge is 2.25. The maximum Gasteiger partial charge on any atom is 0.243 e. The number of nitrogens with zero attached hydrogens (tertiary/aromatic N) is 1. The lowest BCUT2D eigenvalue weighted by atomic mass is 10.4. The average molecular weight is 371 g/mol. The third kappa shape index (κ3) is 5.69. The summed E-state index contributed by atoms with van der Waals surface area (Å²) in [6.07, 6.45) is 0.284.